The second-order valence-corrected chi connectivity index (χ2v) is 5.66. The molecule has 1 aromatic heterocycles. The van der Waals surface area contributed by atoms with Crippen molar-refractivity contribution in [3.05, 3.63) is 45.1 Å². The number of phenols is 1. The number of hydrogen-bond acceptors (Lipinski definition) is 3. The highest BCUT2D eigenvalue weighted by Gasteiger charge is 1.98. The Balaban J connectivity index is 1.99. The number of aromatic hydroxyl groups is 1. The van der Waals surface area contributed by atoms with E-state index >= 15 is 0 Å². The summed E-state index contributed by atoms with van der Waals surface area (Å²) in [5.41, 5.74) is 0.930. The Labute approximate surface area is 101 Å². The zero-order valence-corrected chi connectivity index (χ0v) is 10.3. The molecule has 78 valence electrons. The van der Waals surface area contributed by atoms with Crippen molar-refractivity contribution in [1.29, 1.82) is 0 Å². The van der Waals surface area contributed by atoms with Crippen LogP contribution in [0.5, 0.6) is 5.75 Å². The summed E-state index contributed by atoms with van der Waals surface area (Å²) < 4.78 is 1.13. The van der Waals surface area contributed by atoms with Crippen LogP contribution >= 0.6 is 27.3 Å². The van der Waals surface area contributed by atoms with Crippen LogP contribution in [0.3, 0.4) is 0 Å². The molecule has 4 heteroatoms. The molecule has 1 aromatic carbocycles. The molecule has 0 saturated carbocycles. The predicted octanol–water partition coefficient (Wildman–Crippen LogP) is 3.83. The Bertz CT molecular complexity index is 455. The minimum atomic E-state index is 0.285. The van der Waals surface area contributed by atoms with Gasteiger partial charge >= 0.3 is 0 Å². The molecular formula is C11H10BrNOS. The topological polar surface area (TPSA) is 32.3 Å². The van der Waals surface area contributed by atoms with Crippen LogP contribution in [0.4, 0.5) is 5.69 Å². The number of thiophene rings is 1. The van der Waals surface area contributed by atoms with Crippen molar-refractivity contribution in [2.75, 3.05) is 5.32 Å². The zero-order chi connectivity index (χ0) is 10.7. The molecule has 0 aliphatic heterocycles. The van der Waals surface area contributed by atoms with Gasteiger partial charge in [-0.25, -0.2) is 0 Å². The highest BCUT2D eigenvalue weighted by Crippen LogP contribution is 2.23. The zero-order valence-electron chi connectivity index (χ0n) is 7.90. The van der Waals surface area contributed by atoms with Crippen LogP contribution in [0.25, 0.3) is 0 Å². The van der Waals surface area contributed by atoms with Crippen molar-refractivity contribution >= 4 is 33.0 Å². The summed E-state index contributed by atoms with van der Waals surface area (Å²) in [6.45, 7) is 0.778. The monoisotopic (exact) mass is 283 g/mol. The Morgan fingerprint density at radius 1 is 1.27 bits per heavy atom. The molecule has 0 amide bonds. The summed E-state index contributed by atoms with van der Waals surface area (Å²) in [6.07, 6.45) is 0. The first-order valence-corrected chi connectivity index (χ1v) is 6.12. The summed E-state index contributed by atoms with van der Waals surface area (Å²) in [7, 11) is 0. The second kappa shape index (κ2) is 4.68. The van der Waals surface area contributed by atoms with Gasteiger partial charge in [-0.05, 0) is 40.2 Å². The van der Waals surface area contributed by atoms with Crippen molar-refractivity contribution < 1.29 is 5.11 Å². The van der Waals surface area contributed by atoms with Crippen LogP contribution in [0.15, 0.2) is 40.2 Å². The standard InChI is InChI=1S/C11H10BrNOS/c12-11-5-4-10(15-11)7-13-8-2-1-3-9(14)6-8/h1-6,13-14H,7H2. The van der Waals surface area contributed by atoms with E-state index in [1.54, 1.807) is 23.5 Å². The van der Waals surface area contributed by atoms with Gasteiger partial charge in [0, 0.05) is 23.2 Å². The molecule has 0 atom stereocenters. The fourth-order valence-electron chi connectivity index (χ4n) is 1.25. The quantitative estimate of drug-likeness (QED) is 0.897. The minimum Gasteiger partial charge on any atom is -0.508 e. The van der Waals surface area contributed by atoms with E-state index in [0.29, 0.717) is 0 Å². The van der Waals surface area contributed by atoms with Crippen molar-refractivity contribution in [1.82, 2.24) is 0 Å². The average molecular weight is 284 g/mol. The van der Waals surface area contributed by atoms with Gasteiger partial charge in [0.25, 0.3) is 0 Å². The van der Waals surface area contributed by atoms with Gasteiger partial charge in [-0.15, -0.1) is 11.3 Å². The van der Waals surface area contributed by atoms with Crippen LogP contribution in [-0.2, 0) is 6.54 Å². The molecule has 1 heterocycles. The minimum absolute atomic E-state index is 0.285. The number of phenolic OH excluding ortho intramolecular Hbond substituents is 1. The van der Waals surface area contributed by atoms with Gasteiger partial charge in [-0.2, -0.15) is 0 Å². The first kappa shape index (κ1) is 10.5. The molecule has 0 bridgehead atoms. The summed E-state index contributed by atoms with van der Waals surface area (Å²) in [5.74, 6) is 0.285. The molecule has 2 N–H and O–H groups in total. The maximum absolute atomic E-state index is 9.27. The summed E-state index contributed by atoms with van der Waals surface area (Å²) in [4.78, 5) is 1.25. The fraction of sp³-hybridized carbons (Fsp3) is 0.0909. The van der Waals surface area contributed by atoms with Gasteiger partial charge in [0.1, 0.15) is 5.75 Å². The van der Waals surface area contributed by atoms with Gasteiger partial charge < -0.3 is 10.4 Å². The highest BCUT2D eigenvalue weighted by atomic mass is 79.9. The van der Waals surface area contributed by atoms with E-state index in [1.165, 1.54) is 4.88 Å². The number of nitrogens with one attached hydrogen (secondary N) is 1. The maximum atomic E-state index is 9.27. The number of halogens is 1. The molecule has 0 aliphatic carbocycles. The third kappa shape index (κ3) is 2.97. The highest BCUT2D eigenvalue weighted by molar-refractivity contribution is 9.11. The van der Waals surface area contributed by atoms with E-state index in [-0.39, 0.29) is 5.75 Å². The first-order chi connectivity index (χ1) is 7.24. The van der Waals surface area contributed by atoms with E-state index in [1.807, 2.05) is 18.2 Å². The lowest BCUT2D eigenvalue weighted by molar-refractivity contribution is 0.475. The van der Waals surface area contributed by atoms with Gasteiger partial charge in [0.05, 0.1) is 3.79 Å². The lowest BCUT2D eigenvalue weighted by Gasteiger charge is -2.04. The van der Waals surface area contributed by atoms with E-state index in [0.717, 1.165) is 16.0 Å². The van der Waals surface area contributed by atoms with Crippen molar-refractivity contribution in [2.24, 2.45) is 0 Å². The third-order valence-electron chi connectivity index (χ3n) is 1.94. The Kier molecular flexibility index (Phi) is 3.28. The number of benzene rings is 1. The van der Waals surface area contributed by atoms with E-state index in [2.05, 4.69) is 27.3 Å². The van der Waals surface area contributed by atoms with Crippen LogP contribution in [0, 0.1) is 0 Å². The molecule has 2 rings (SSSR count). The molecule has 0 unspecified atom stereocenters. The molecule has 0 aliphatic rings. The predicted molar refractivity (Wildman–Crippen MR) is 67.5 cm³/mol. The van der Waals surface area contributed by atoms with Crippen molar-refractivity contribution in [3.63, 3.8) is 0 Å². The first-order valence-electron chi connectivity index (χ1n) is 4.51. The Morgan fingerprint density at radius 3 is 2.80 bits per heavy atom. The average Bonchev–Trinajstić information content (AvgIpc) is 2.62. The maximum Gasteiger partial charge on any atom is 0.117 e. The van der Waals surface area contributed by atoms with Gasteiger partial charge in [-0.3, -0.25) is 0 Å². The van der Waals surface area contributed by atoms with E-state index < -0.39 is 0 Å². The molecule has 0 spiro atoms. The Hall–Kier alpha value is -1.000. The van der Waals surface area contributed by atoms with Gasteiger partial charge in [-0.1, -0.05) is 6.07 Å². The molecule has 0 fully saturated rings. The molecule has 0 saturated heterocycles. The van der Waals surface area contributed by atoms with E-state index in [4.69, 9.17) is 0 Å². The number of anilines is 1. The summed E-state index contributed by atoms with van der Waals surface area (Å²) in [6, 6.07) is 11.2. The van der Waals surface area contributed by atoms with Crippen molar-refractivity contribution in [3.8, 4) is 5.75 Å². The smallest absolute Gasteiger partial charge is 0.117 e. The normalized spacial score (nSPS) is 10.2. The van der Waals surface area contributed by atoms with Crippen LogP contribution in [0.1, 0.15) is 4.88 Å². The molecular weight excluding hydrogens is 274 g/mol. The SMILES string of the molecule is Oc1cccc(NCc2ccc(Br)s2)c1. The number of rotatable bonds is 3. The lowest BCUT2D eigenvalue weighted by atomic mass is 10.3. The molecule has 15 heavy (non-hydrogen) atoms. The van der Waals surface area contributed by atoms with Gasteiger partial charge in [0.15, 0.2) is 0 Å². The number of hydrogen-bond donors (Lipinski definition) is 2. The van der Waals surface area contributed by atoms with E-state index in [9.17, 15) is 5.11 Å². The third-order valence-corrected chi connectivity index (χ3v) is 3.57. The molecule has 0 radical (unpaired) electrons. The largest absolute Gasteiger partial charge is 0.508 e. The summed E-state index contributed by atoms with van der Waals surface area (Å²) in [5, 5.41) is 12.5. The molecule has 2 nitrogen and oxygen atoms in total. The lowest BCUT2D eigenvalue weighted by Crippen LogP contribution is -1.96. The molecule has 2 aromatic rings. The van der Waals surface area contributed by atoms with Crippen LogP contribution in [-0.4, -0.2) is 5.11 Å². The summed E-state index contributed by atoms with van der Waals surface area (Å²) >= 11 is 5.12. The van der Waals surface area contributed by atoms with Gasteiger partial charge in [0.2, 0.25) is 0 Å². The van der Waals surface area contributed by atoms with Crippen molar-refractivity contribution in [2.45, 2.75) is 6.54 Å². The fourth-order valence-corrected chi connectivity index (χ4v) is 2.67. The Morgan fingerprint density at radius 2 is 2.13 bits per heavy atom. The second-order valence-electron chi connectivity index (χ2n) is 3.11. The van der Waals surface area contributed by atoms with Crippen LogP contribution < -0.4 is 5.32 Å². The van der Waals surface area contributed by atoms with Crippen LogP contribution in [0.2, 0.25) is 0 Å².